The van der Waals surface area contributed by atoms with Crippen LogP contribution in [0, 0.1) is 12.8 Å². The third kappa shape index (κ3) is 2.99. The zero-order valence-corrected chi connectivity index (χ0v) is 13.0. The van der Waals surface area contributed by atoms with Crippen molar-refractivity contribution in [3.63, 3.8) is 0 Å². The van der Waals surface area contributed by atoms with E-state index >= 15 is 0 Å². The first-order chi connectivity index (χ1) is 9.43. The molecule has 0 saturated carbocycles. The van der Waals surface area contributed by atoms with Gasteiger partial charge in [-0.2, -0.15) is 5.10 Å². The van der Waals surface area contributed by atoms with Crippen molar-refractivity contribution >= 4 is 17.6 Å². The van der Waals surface area contributed by atoms with Crippen LogP contribution in [0.2, 0.25) is 5.02 Å². The molecule has 2 heterocycles. The lowest BCUT2D eigenvalue weighted by Gasteiger charge is -2.36. The van der Waals surface area contributed by atoms with Gasteiger partial charge in [-0.25, -0.2) is 0 Å². The predicted octanol–water partition coefficient (Wildman–Crippen LogP) is 2.55. The van der Waals surface area contributed by atoms with Crippen molar-refractivity contribution < 1.29 is 9.90 Å². The average molecular weight is 300 g/mol. The summed E-state index contributed by atoms with van der Waals surface area (Å²) in [7, 11) is 0. The van der Waals surface area contributed by atoms with E-state index in [0.717, 1.165) is 30.9 Å². The van der Waals surface area contributed by atoms with E-state index in [1.165, 1.54) is 0 Å². The second-order valence-corrected chi connectivity index (χ2v) is 5.99. The Morgan fingerprint density at radius 3 is 2.85 bits per heavy atom. The van der Waals surface area contributed by atoms with Crippen molar-refractivity contribution in [1.29, 1.82) is 0 Å². The maximum Gasteiger partial charge on any atom is 0.320 e. The van der Waals surface area contributed by atoms with E-state index in [0.29, 0.717) is 23.9 Å². The summed E-state index contributed by atoms with van der Waals surface area (Å²) < 4.78 is 1.87. The van der Waals surface area contributed by atoms with E-state index in [4.69, 9.17) is 11.6 Å². The molecular formula is C14H22ClN3O2. The summed E-state index contributed by atoms with van der Waals surface area (Å²) in [6, 6.07) is -0.421. The summed E-state index contributed by atoms with van der Waals surface area (Å²) in [5.74, 6) is -0.285. The molecule has 6 heteroatoms. The van der Waals surface area contributed by atoms with Crippen LogP contribution in [0.1, 0.15) is 38.1 Å². The number of aryl methyl sites for hydroxylation is 2. The molecule has 0 bridgehead atoms. The highest BCUT2D eigenvalue weighted by molar-refractivity contribution is 6.31. The Labute approximate surface area is 124 Å². The molecule has 1 fully saturated rings. The zero-order chi connectivity index (χ0) is 14.9. The Bertz CT molecular complexity index is 501. The normalized spacial score (nSPS) is 24.0. The minimum atomic E-state index is -0.744. The molecule has 2 rings (SSSR count). The summed E-state index contributed by atoms with van der Waals surface area (Å²) in [4.78, 5) is 13.5. The van der Waals surface area contributed by atoms with Gasteiger partial charge in [-0.1, -0.05) is 18.5 Å². The first kappa shape index (κ1) is 15.3. The number of halogens is 1. The van der Waals surface area contributed by atoms with Crippen molar-refractivity contribution in [2.24, 2.45) is 5.92 Å². The van der Waals surface area contributed by atoms with Crippen molar-refractivity contribution in [2.45, 2.75) is 52.7 Å². The van der Waals surface area contributed by atoms with Crippen LogP contribution in [0.5, 0.6) is 0 Å². The van der Waals surface area contributed by atoms with Crippen LogP contribution < -0.4 is 0 Å². The van der Waals surface area contributed by atoms with Gasteiger partial charge in [0.25, 0.3) is 0 Å². The number of nitrogens with zero attached hydrogens (tertiary/aromatic N) is 3. The smallest absolute Gasteiger partial charge is 0.320 e. The first-order valence-corrected chi connectivity index (χ1v) is 7.50. The number of hydrogen-bond donors (Lipinski definition) is 1. The lowest BCUT2D eigenvalue weighted by Crippen LogP contribution is -2.46. The van der Waals surface area contributed by atoms with Gasteiger partial charge in [0.2, 0.25) is 0 Å². The van der Waals surface area contributed by atoms with E-state index in [2.05, 4.69) is 12.0 Å². The molecule has 1 aliphatic heterocycles. The third-order valence-corrected chi connectivity index (χ3v) is 4.56. The van der Waals surface area contributed by atoms with Crippen LogP contribution >= 0.6 is 11.6 Å². The number of carbonyl (C=O) groups is 1. The number of carboxylic acid groups (broad SMARTS) is 1. The van der Waals surface area contributed by atoms with Gasteiger partial charge in [0.1, 0.15) is 6.04 Å². The molecule has 0 amide bonds. The molecule has 0 spiro atoms. The molecule has 1 N–H and O–H groups in total. The molecule has 1 saturated heterocycles. The van der Waals surface area contributed by atoms with Crippen molar-refractivity contribution in [3.05, 3.63) is 16.4 Å². The zero-order valence-electron chi connectivity index (χ0n) is 12.3. The molecule has 20 heavy (non-hydrogen) atoms. The van der Waals surface area contributed by atoms with Crippen molar-refractivity contribution in [1.82, 2.24) is 14.7 Å². The Hall–Kier alpha value is -1.07. The molecule has 112 valence electrons. The highest BCUT2D eigenvalue weighted by Crippen LogP contribution is 2.27. The minimum Gasteiger partial charge on any atom is -0.480 e. The molecular weight excluding hydrogens is 278 g/mol. The largest absolute Gasteiger partial charge is 0.480 e. The molecule has 2 atom stereocenters. The van der Waals surface area contributed by atoms with Gasteiger partial charge in [-0.05, 0) is 39.2 Å². The Kier molecular flexibility index (Phi) is 4.70. The maximum absolute atomic E-state index is 11.4. The van der Waals surface area contributed by atoms with Gasteiger partial charge >= 0.3 is 5.97 Å². The number of rotatable bonds is 4. The van der Waals surface area contributed by atoms with E-state index in [1.54, 1.807) is 0 Å². The van der Waals surface area contributed by atoms with Gasteiger partial charge < -0.3 is 5.11 Å². The molecule has 0 radical (unpaired) electrons. The number of aromatic nitrogens is 2. The first-order valence-electron chi connectivity index (χ1n) is 7.12. The molecule has 0 aromatic carbocycles. The molecule has 1 aliphatic rings. The number of hydrogen-bond acceptors (Lipinski definition) is 3. The molecule has 1 aromatic heterocycles. The fourth-order valence-corrected chi connectivity index (χ4v) is 3.04. The van der Waals surface area contributed by atoms with Crippen LogP contribution in [0.15, 0.2) is 0 Å². The van der Waals surface area contributed by atoms with E-state index < -0.39 is 12.0 Å². The highest BCUT2D eigenvalue weighted by Gasteiger charge is 2.32. The topological polar surface area (TPSA) is 58.4 Å². The van der Waals surface area contributed by atoms with E-state index in [1.807, 2.05) is 23.4 Å². The molecule has 1 aromatic rings. The Morgan fingerprint density at radius 2 is 2.25 bits per heavy atom. The van der Waals surface area contributed by atoms with E-state index in [-0.39, 0.29) is 0 Å². The molecule has 2 unspecified atom stereocenters. The van der Waals surface area contributed by atoms with Gasteiger partial charge in [0, 0.05) is 13.1 Å². The SMILES string of the molecule is CCn1nc(C)c(Cl)c1CN1CCC(C)CC1C(=O)O. The fourth-order valence-electron chi connectivity index (χ4n) is 2.85. The number of carboxylic acids is 1. The summed E-state index contributed by atoms with van der Waals surface area (Å²) >= 11 is 6.31. The second-order valence-electron chi connectivity index (χ2n) is 5.62. The maximum atomic E-state index is 11.4. The average Bonchev–Trinajstić information content (AvgIpc) is 2.68. The Morgan fingerprint density at radius 1 is 1.55 bits per heavy atom. The highest BCUT2D eigenvalue weighted by atomic mass is 35.5. The Balaban J connectivity index is 2.21. The van der Waals surface area contributed by atoms with Gasteiger partial charge in [-0.3, -0.25) is 14.4 Å². The lowest BCUT2D eigenvalue weighted by molar-refractivity contribution is -0.145. The summed E-state index contributed by atoms with van der Waals surface area (Å²) in [6.07, 6.45) is 1.73. The van der Waals surface area contributed by atoms with Gasteiger partial charge in [-0.15, -0.1) is 0 Å². The van der Waals surface area contributed by atoms with Gasteiger partial charge in [0.05, 0.1) is 16.4 Å². The minimum absolute atomic E-state index is 0.421. The van der Waals surface area contributed by atoms with Crippen LogP contribution in [-0.4, -0.2) is 38.3 Å². The number of piperidine rings is 1. The second kappa shape index (κ2) is 6.14. The fraction of sp³-hybridized carbons (Fsp3) is 0.714. The van der Waals surface area contributed by atoms with E-state index in [9.17, 15) is 9.90 Å². The summed E-state index contributed by atoms with van der Waals surface area (Å²) in [5, 5.41) is 14.5. The number of aliphatic carboxylic acids is 1. The third-order valence-electron chi connectivity index (χ3n) is 4.07. The van der Waals surface area contributed by atoms with Gasteiger partial charge in [0.15, 0.2) is 0 Å². The quantitative estimate of drug-likeness (QED) is 0.928. The van der Waals surface area contributed by atoms with Crippen LogP contribution in [0.3, 0.4) is 0 Å². The molecule has 5 nitrogen and oxygen atoms in total. The molecule has 0 aliphatic carbocycles. The monoisotopic (exact) mass is 299 g/mol. The summed E-state index contributed by atoms with van der Waals surface area (Å²) in [6.45, 7) is 8.09. The van der Waals surface area contributed by atoms with Crippen LogP contribution in [-0.2, 0) is 17.9 Å². The van der Waals surface area contributed by atoms with Crippen LogP contribution in [0.4, 0.5) is 0 Å². The van der Waals surface area contributed by atoms with Crippen molar-refractivity contribution in [3.8, 4) is 0 Å². The number of likely N-dealkylation sites (tertiary alicyclic amines) is 1. The van der Waals surface area contributed by atoms with Crippen molar-refractivity contribution in [2.75, 3.05) is 6.54 Å². The summed E-state index contributed by atoms with van der Waals surface area (Å²) in [5.41, 5.74) is 1.73. The van der Waals surface area contributed by atoms with Crippen LogP contribution in [0.25, 0.3) is 0 Å². The standard InChI is InChI=1S/C14H22ClN3O2/c1-4-18-12(13(15)10(3)16-18)8-17-6-5-9(2)7-11(17)14(19)20/h9,11H,4-8H2,1-3H3,(H,19,20). The predicted molar refractivity (Wildman–Crippen MR) is 77.9 cm³/mol. The lowest BCUT2D eigenvalue weighted by atomic mass is 9.92.